The molecular weight excluding hydrogens is 280 g/mol. The number of carboxylic acid groups (broad SMARTS) is 1. The van der Waals surface area contributed by atoms with Gasteiger partial charge in [0.05, 0.1) is 25.8 Å². The Labute approximate surface area is 101 Å². The smallest absolute Gasteiger partial charge is 0.340 e. The third-order valence-corrected chi connectivity index (χ3v) is 2.79. The van der Waals surface area contributed by atoms with E-state index >= 15 is 0 Å². The summed E-state index contributed by atoms with van der Waals surface area (Å²) < 4.78 is 15.4. The van der Waals surface area contributed by atoms with Crippen LogP contribution in [-0.2, 0) is 0 Å². The van der Waals surface area contributed by atoms with Crippen LogP contribution in [-0.4, -0.2) is 32.4 Å². The lowest BCUT2D eigenvalue weighted by molar-refractivity contribution is 0.0691. The van der Waals surface area contributed by atoms with Crippen LogP contribution in [0.15, 0.2) is 10.5 Å². The molecule has 0 saturated heterocycles. The second-order valence-corrected chi connectivity index (χ2v) is 3.60. The molecule has 1 aromatic carbocycles. The van der Waals surface area contributed by atoms with Gasteiger partial charge in [-0.05, 0) is 15.9 Å². The number of carboxylic acids is 1. The van der Waals surface area contributed by atoms with Gasteiger partial charge in [-0.15, -0.1) is 0 Å². The first-order valence-electron chi connectivity index (χ1n) is 4.28. The summed E-state index contributed by atoms with van der Waals surface area (Å²) >= 11 is 3.16. The number of aromatic carboxylic acids is 1. The fraction of sp³-hybridized carbons (Fsp3) is 0.300. The number of rotatable bonds is 4. The molecule has 16 heavy (non-hydrogen) atoms. The van der Waals surface area contributed by atoms with E-state index in [1.54, 1.807) is 6.07 Å². The summed E-state index contributed by atoms with van der Waals surface area (Å²) in [6.07, 6.45) is 0. The van der Waals surface area contributed by atoms with Gasteiger partial charge in [-0.25, -0.2) is 4.79 Å². The van der Waals surface area contributed by atoms with Gasteiger partial charge in [-0.1, -0.05) is 0 Å². The van der Waals surface area contributed by atoms with Crippen molar-refractivity contribution in [3.05, 3.63) is 16.1 Å². The monoisotopic (exact) mass is 290 g/mol. The van der Waals surface area contributed by atoms with E-state index in [1.165, 1.54) is 21.3 Å². The van der Waals surface area contributed by atoms with Gasteiger partial charge in [0.25, 0.3) is 0 Å². The summed E-state index contributed by atoms with van der Waals surface area (Å²) in [7, 11) is 4.25. The van der Waals surface area contributed by atoms with Crippen LogP contribution < -0.4 is 14.2 Å². The Balaban J connectivity index is 3.57. The van der Waals surface area contributed by atoms with Crippen molar-refractivity contribution in [1.29, 1.82) is 0 Å². The standard InChI is InChI=1S/C10H11BrO5/c1-14-5-4-6(15-2)9(16-3)7(8(5)11)10(12)13/h4H,1-3H3,(H,12,13). The van der Waals surface area contributed by atoms with E-state index in [9.17, 15) is 4.79 Å². The molecule has 0 heterocycles. The van der Waals surface area contributed by atoms with Gasteiger partial charge < -0.3 is 19.3 Å². The lowest BCUT2D eigenvalue weighted by Crippen LogP contribution is -2.05. The van der Waals surface area contributed by atoms with E-state index < -0.39 is 5.97 Å². The predicted octanol–water partition coefficient (Wildman–Crippen LogP) is 2.17. The van der Waals surface area contributed by atoms with E-state index in [1.807, 2.05) is 0 Å². The van der Waals surface area contributed by atoms with Gasteiger partial charge >= 0.3 is 5.97 Å². The molecule has 1 rings (SSSR count). The molecule has 0 aliphatic heterocycles. The number of methoxy groups -OCH3 is 3. The summed E-state index contributed by atoms with van der Waals surface area (Å²) in [5.74, 6) is -0.293. The molecule has 0 unspecified atom stereocenters. The van der Waals surface area contributed by atoms with Crippen LogP contribution in [0, 0.1) is 0 Å². The van der Waals surface area contributed by atoms with Crippen LogP contribution in [0.5, 0.6) is 17.2 Å². The SMILES string of the molecule is COc1cc(OC)c(OC)c(C(=O)O)c1Br. The minimum atomic E-state index is -1.12. The normalized spacial score (nSPS) is 9.75. The van der Waals surface area contributed by atoms with Crippen molar-refractivity contribution in [3.8, 4) is 17.2 Å². The highest BCUT2D eigenvalue weighted by molar-refractivity contribution is 9.10. The minimum Gasteiger partial charge on any atom is -0.495 e. The first kappa shape index (κ1) is 12.6. The Hall–Kier alpha value is -1.43. The van der Waals surface area contributed by atoms with E-state index in [2.05, 4.69) is 15.9 Å². The molecule has 88 valence electrons. The van der Waals surface area contributed by atoms with Gasteiger partial charge in [-0.3, -0.25) is 0 Å². The highest BCUT2D eigenvalue weighted by atomic mass is 79.9. The van der Waals surface area contributed by atoms with Gasteiger partial charge in [-0.2, -0.15) is 0 Å². The number of hydrogen-bond donors (Lipinski definition) is 1. The van der Waals surface area contributed by atoms with E-state index in [-0.39, 0.29) is 11.3 Å². The zero-order chi connectivity index (χ0) is 12.3. The molecule has 0 aromatic heterocycles. The largest absolute Gasteiger partial charge is 0.495 e. The minimum absolute atomic E-state index is 0.0290. The molecule has 0 radical (unpaired) electrons. The topological polar surface area (TPSA) is 65.0 Å². The molecule has 0 atom stereocenters. The van der Waals surface area contributed by atoms with E-state index in [4.69, 9.17) is 19.3 Å². The number of halogens is 1. The van der Waals surface area contributed by atoms with E-state index in [0.29, 0.717) is 16.0 Å². The predicted molar refractivity (Wildman–Crippen MR) is 60.8 cm³/mol. The average Bonchev–Trinajstić information content (AvgIpc) is 2.27. The van der Waals surface area contributed by atoms with Crippen LogP contribution in [0.4, 0.5) is 0 Å². The number of carbonyl (C=O) groups is 1. The van der Waals surface area contributed by atoms with Gasteiger partial charge in [0.15, 0.2) is 11.5 Å². The molecule has 5 nitrogen and oxygen atoms in total. The van der Waals surface area contributed by atoms with Crippen molar-refractivity contribution in [2.45, 2.75) is 0 Å². The Kier molecular flexibility index (Phi) is 4.00. The quantitative estimate of drug-likeness (QED) is 0.921. The molecule has 0 aliphatic carbocycles. The highest BCUT2D eigenvalue weighted by Gasteiger charge is 2.23. The molecule has 0 amide bonds. The molecule has 0 fully saturated rings. The van der Waals surface area contributed by atoms with Gasteiger partial charge in [0, 0.05) is 6.07 Å². The van der Waals surface area contributed by atoms with Gasteiger partial charge in [0.1, 0.15) is 11.3 Å². The zero-order valence-corrected chi connectivity index (χ0v) is 10.6. The van der Waals surface area contributed by atoms with Crippen LogP contribution in [0.25, 0.3) is 0 Å². The fourth-order valence-electron chi connectivity index (χ4n) is 1.29. The van der Waals surface area contributed by atoms with Crippen molar-refractivity contribution in [1.82, 2.24) is 0 Å². The molecule has 1 N–H and O–H groups in total. The lowest BCUT2D eigenvalue weighted by atomic mass is 10.1. The average molecular weight is 291 g/mol. The summed E-state index contributed by atoms with van der Waals surface area (Å²) in [6.45, 7) is 0. The summed E-state index contributed by atoms with van der Waals surface area (Å²) in [6, 6.07) is 1.55. The van der Waals surface area contributed by atoms with Gasteiger partial charge in [0.2, 0.25) is 0 Å². The lowest BCUT2D eigenvalue weighted by Gasteiger charge is -2.14. The highest BCUT2D eigenvalue weighted by Crippen LogP contribution is 2.42. The number of benzene rings is 1. The second kappa shape index (κ2) is 5.07. The first-order chi connectivity index (χ1) is 7.56. The van der Waals surface area contributed by atoms with Crippen LogP contribution in [0.2, 0.25) is 0 Å². The van der Waals surface area contributed by atoms with Crippen LogP contribution >= 0.6 is 15.9 Å². The second-order valence-electron chi connectivity index (χ2n) is 2.81. The first-order valence-corrected chi connectivity index (χ1v) is 5.07. The van der Waals surface area contributed by atoms with Crippen LogP contribution in [0.3, 0.4) is 0 Å². The third-order valence-electron chi connectivity index (χ3n) is 2.01. The van der Waals surface area contributed by atoms with E-state index in [0.717, 1.165) is 0 Å². The maximum Gasteiger partial charge on any atom is 0.340 e. The van der Waals surface area contributed by atoms with Crippen molar-refractivity contribution in [3.63, 3.8) is 0 Å². The molecule has 0 aliphatic rings. The molecule has 6 heteroatoms. The van der Waals surface area contributed by atoms with Crippen molar-refractivity contribution >= 4 is 21.9 Å². The number of ether oxygens (including phenoxy) is 3. The summed E-state index contributed by atoms with van der Waals surface area (Å²) in [5, 5.41) is 9.10. The number of hydrogen-bond acceptors (Lipinski definition) is 4. The molecular formula is C10H11BrO5. The molecule has 0 bridgehead atoms. The maximum atomic E-state index is 11.1. The Bertz CT molecular complexity index is 416. The van der Waals surface area contributed by atoms with Crippen LogP contribution in [0.1, 0.15) is 10.4 Å². The molecule has 0 spiro atoms. The van der Waals surface area contributed by atoms with Crippen molar-refractivity contribution in [2.24, 2.45) is 0 Å². The van der Waals surface area contributed by atoms with Crippen molar-refractivity contribution < 1.29 is 24.1 Å². The van der Waals surface area contributed by atoms with Crippen molar-refractivity contribution in [2.75, 3.05) is 21.3 Å². The summed E-state index contributed by atoms with van der Waals surface area (Å²) in [4.78, 5) is 11.1. The third kappa shape index (κ3) is 2.06. The Morgan fingerprint density at radius 3 is 2.12 bits per heavy atom. The molecule has 1 aromatic rings. The Morgan fingerprint density at radius 1 is 1.19 bits per heavy atom. The Morgan fingerprint density at radius 2 is 1.75 bits per heavy atom. The summed E-state index contributed by atoms with van der Waals surface area (Å²) in [5.41, 5.74) is -0.0290. The maximum absolute atomic E-state index is 11.1. The zero-order valence-electron chi connectivity index (χ0n) is 9.04. The fourth-order valence-corrected chi connectivity index (χ4v) is 1.91. The molecule has 0 saturated carbocycles.